The first-order valence-electron chi connectivity index (χ1n) is 5.21. The summed E-state index contributed by atoms with van der Waals surface area (Å²) >= 11 is 1.50. The molecule has 90 valence electrons. The van der Waals surface area contributed by atoms with Gasteiger partial charge in [0, 0.05) is 17.6 Å². The molecule has 5 heteroatoms. The molecule has 1 heterocycles. The Morgan fingerprint density at radius 1 is 1.47 bits per heavy atom. The summed E-state index contributed by atoms with van der Waals surface area (Å²) in [7, 11) is 0. The zero-order chi connectivity index (χ0) is 12.3. The van der Waals surface area contributed by atoms with Crippen LogP contribution in [0.3, 0.4) is 0 Å². The van der Waals surface area contributed by atoms with Crippen LogP contribution in [0.25, 0.3) is 0 Å². The highest BCUT2D eigenvalue weighted by molar-refractivity contribution is 7.09. The average molecular weight is 252 g/mol. The van der Waals surface area contributed by atoms with Crippen LogP contribution in [0.5, 0.6) is 5.75 Å². The average Bonchev–Trinajstić information content (AvgIpc) is 2.73. The lowest BCUT2D eigenvalue weighted by molar-refractivity contribution is 0.289. The standard InChI is InChI=1S/C12H13FN2OS/c1-8-7-17-12(15-8)6-16-11-3-2-9(5-14)4-10(11)13/h2-4,7H,5-6,14H2,1H3. The van der Waals surface area contributed by atoms with Crippen molar-refractivity contribution >= 4 is 11.3 Å². The molecule has 0 aliphatic carbocycles. The molecule has 2 rings (SSSR count). The molecule has 0 amide bonds. The van der Waals surface area contributed by atoms with Crippen LogP contribution in [-0.4, -0.2) is 4.98 Å². The second-order valence-corrected chi connectivity index (χ2v) is 4.58. The van der Waals surface area contributed by atoms with Gasteiger partial charge < -0.3 is 10.5 Å². The molecular formula is C12H13FN2OS. The fourth-order valence-corrected chi connectivity index (χ4v) is 2.08. The van der Waals surface area contributed by atoms with Gasteiger partial charge in [0.1, 0.15) is 11.6 Å². The molecule has 0 aliphatic heterocycles. The number of thiazole rings is 1. The Kier molecular flexibility index (Phi) is 3.71. The van der Waals surface area contributed by atoms with E-state index in [1.807, 2.05) is 12.3 Å². The van der Waals surface area contributed by atoms with Crippen molar-refractivity contribution in [2.75, 3.05) is 0 Å². The summed E-state index contributed by atoms with van der Waals surface area (Å²) in [6.45, 7) is 2.52. The summed E-state index contributed by atoms with van der Waals surface area (Å²) in [4.78, 5) is 4.24. The highest BCUT2D eigenvalue weighted by Crippen LogP contribution is 2.20. The van der Waals surface area contributed by atoms with Gasteiger partial charge in [-0.15, -0.1) is 11.3 Å². The molecule has 17 heavy (non-hydrogen) atoms. The van der Waals surface area contributed by atoms with Gasteiger partial charge >= 0.3 is 0 Å². The predicted octanol–water partition coefficient (Wildman–Crippen LogP) is 2.63. The third kappa shape index (κ3) is 3.01. The normalized spacial score (nSPS) is 10.5. The van der Waals surface area contributed by atoms with Crippen molar-refractivity contribution < 1.29 is 9.13 Å². The zero-order valence-corrected chi connectivity index (χ0v) is 10.3. The van der Waals surface area contributed by atoms with E-state index in [1.165, 1.54) is 17.4 Å². The minimum atomic E-state index is -0.388. The zero-order valence-electron chi connectivity index (χ0n) is 9.44. The second kappa shape index (κ2) is 5.25. The molecule has 0 saturated heterocycles. The minimum absolute atomic E-state index is 0.232. The Labute approximate surface area is 103 Å². The molecule has 1 aromatic heterocycles. The second-order valence-electron chi connectivity index (χ2n) is 3.64. The van der Waals surface area contributed by atoms with E-state index in [9.17, 15) is 4.39 Å². The van der Waals surface area contributed by atoms with E-state index in [2.05, 4.69) is 4.98 Å². The molecule has 3 nitrogen and oxygen atoms in total. The van der Waals surface area contributed by atoms with Crippen molar-refractivity contribution in [3.05, 3.63) is 45.7 Å². The van der Waals surface area contributed by atoms with Crippen molar-refractivity contribution in [1.82, 2.24) is 4.98 Å². The topological polar surface area (TPSA) is 48.1 Å². The minimum Gasteiger partial charge on any atom is -0.483 e. The summed E-state index contributed by atoms with van der Waals surface area (Å²) < 4.78 is 18.9. The lowest BCUT2D eigenvalue weighted by atomic mass is 10.2. The highest BCUT2D eigenvalue weighted by Gasteiger charge is 2.06. The molecule has 1 aromatic carbocycles. The quantitative estimate of drug-likeness (QED) is 0.910. The number of hydrogen-bond acceptors (Lipinski definition) is 4. The Bertz CT molecular complexity index is 513. The van der Waals surface area contributed by atoms with E-state index in [1.54, 1.807) is 12.1 Å². The lowest BCUT2D eigenvalue weighted by Gasteiger charge is -2.06. The third-order valence-electron chi connectivity index (χ3n) is 2.25. The summed E-state index contributed by atoms with van der Waals surface area (Å²) in [5, 5.41) is 2.77. The number of aryl methyl sites for hydroxylation is 1. The van der Waals surface area contributed by atoms with E-state index in [-0.39, 0.29) is 18.2 Å². The van der Waals surface area contributed by atoms with E-state index < -0.39 is 0 Å². The molecule has 2 aromatic rings. The molecule has 0 saturated carbocycles. The third-order valence-corrected chi connectivity index (χ3v) is 3.19. The number of benzene rings is 1. The summed E-state index contributed by atoms with van der Waals surface area (Å²) in [5.74, 6) is -0.156. The molecule has 0 fully saturated rings. The van der Waals surface area contributed by atoms with E-state index in [0.29, 0.717) is 6.54 Å². The number of hydrogen-bond donors (Lipinski definition) is 1. The number of aromatic nitrogens is 1. The molecule has 0 aliphatic rings. The van der Waals surface area contributed by atoms with Crippen LogP contribution in [0, 0.1) is 12.7 Å². The summed E-state index contributed by atoms with van der Waals surface area (Å²) in [6.07, 6.45) is 0. The Morgan fingerprint density at radius 2 is 2.29 bits per heavy atom. The van der Waals surface area contributed by atoms with Crippen LogP contribution in [0.2, 0.25) is 0 Å². The molecule has 0 spiro atoms. The van der Waals surface area contributed by atoms with Gasteiger partial charge in [0.2, 0.25) is 0 Å². The first-order chi connectivity index (χ1) is 8.19. The van der Waals surface area contributed by atoms with Gasteiger partial charge in [-0.1, -0.05) is 6.07 Å². The molecule has 0 atom stereocenters. The first-order valence-corrected chi connectivity index (χ1v) is 6.09. The summed E-state index contributed by atoms with van der Waals surface area (Å²) in [6, 6.07) is 4.74. The molecule has 0 bridgehead atoms. The van der Waals surface area contributed by atoms with Gasteiger partial charge in [-0.3, -0.25) is 0 Å². The van der Waals surface area contributed by atoms with Crippen molar-refractivity contribution in [2.45, 2.75) is 20.1 Å². The number of nitrogens with zero attached hydrogens (tertiary/aromatic N) is 1. The van der Waals surface area contributed by atoms with Crippen LogP contribution in [0.1, 0.15) is 16.3 Å². The van der Waals surface area contributed by atoms with Gasteiger partial charge in [0.25, 0.3) is 0 Å². The molecule has 0 radical (unpaired) electrons. The van der Waals surface area contributed by atoms with E-state index in [0.717, 1.165) is 16.3 Å². The van der Waals surface area contributed by atoms with Crippen molar-refractivity contribution in [2.24, 2.45) is 5.73 Å². The van der Waals surface area contributed by atoms with Crippen molar-refractivity contribution in [3.8, 4) is 5.75 Å². The van der Waals surface area contributed by atoms with Gasteiger partial charge in [-0.2, -0.15) is 0 Å². The number of halogens is 1. The van der Waals surface area contributed by atoms with E-state index >= 15 is 0 Å². The van der Waals surface area contributed by atoms with Gasteiger partial charge in [0.15, 0.2) is 11.6 Å². The lowest BCUT2D eigenvalue weighted by Crippen LogP contribution is -2.00. The first kappa shape index (κ1) is 12.0. The van der Waals surface area contributed by atoms with Crippen LogP contribution >= 0.6 is 11.3 Å². The Balaban J connectivity index is 2.04. The fourth-order valence-electron chi connectivity index (χ4n) is 1.40. The maximum absolute atomic E-state index is 13.5. The Morgan fingerprint density at radius 3 is 2.88 bits per heavy atom. The van der Waals surface area contributed by atoms with Crippen LogP contribution in [0.15, 0.2) is 23.6 Å². The maximum Gasteiger partial charge on any atom is 0.165 e. The molecular weight excluding hydrogens is 239 g/mol. The van der Waals surface area contributed by atoms with Crippen LogP contribution in [-0.2, 0) is 13.2 Å². The fraction of sp³-hybridized carbons (Fsp3) is 0.250. The molecule has 0 unspecified atom stereocenters. The summed E-state index contributed by atoms with van der Waals surface area (Å²) in [5.41, 5.74) is 7.12. The maximum atomic E-state index is 13.5. The predicted molar refractivity (Wildman–Crippen MR) is 65.5 cm³/mol. The smallest absolute Gasteiger partial charge is 0.165 e. The molecule has 2 N–H and O–H groups in total. The van der Waals surface area contributed by atoms with Crippen molar-refractivity contribution in [3.63, 3.8) is 0 Å². The SMILES string of the molecule is Cc1csc(COc2ccc(CN)cc2F)n1. The van der Waals surface area contributed by atoms with Crippen LogP contribution in [0.4, 0.5) is 4.39 Å². The monoisotopic (exact) mass is 252 g/mol. The number of nitrogens with two attached hydrogens (primary N) is 1. The van der Waals surface area contributed by atoms with E-state index in [4.69, 9.17) is 10.5 Å². The van der Waals surface area contributed by atoms with Gasteiger partial charge in [-0.25, -0.2) is 9.37 Å². The highest BCUT2D eigenvalue weighted by atomic mass is 32.1. The van der Waals surface area contributed by atoms with Crippen molar-refractivity contribution in [1.29, 1.82) is 0 Å². The van der Waals surface area contributed by atoms with Gasteiger partial charge in [0.05, 0.1) is 0 Å². The number of rotatable bonds is 4. The van der Waals surface area contributed by atoms with Crippen LogP contribution < -0.4 is 10.5 Å². The number of ether oxygens (including phenoxy) is 1. The van der Waals surface area contributed by atoms with Gasteiger partial charge in [-0.05, 0) is 24.6 Å². The largest absolute Gasteiger partial charge is 0.483 e. The Hall–Kier alpha value is -1.46.